The van der Waals surface area contributed by atoms with Crippen LogP contribution in [0.4, 0.5) is 11.4 Å². The van der Waals surface area contributed by atoms with Crippen LogP contribution >= 0.6 is 0 Å². The number of carbonyl (C=O) groups is 2. The Kier molecular flexibility index (Phi) is 5.16. The van der Waals surface area contributed by atoms with Crippen LogP contribution in [0.1, 0.15) is 48.1 Å². The summed E-state index contributed by atoms with van der Waals surface area (Å²) in [5.74, 6) is -0.139. The van der Waals surface area contributed by atoms with Gasteiger partial charge in [0.15, 0.2) is 5.69 Å². The molecule has 1 aliphatic rings. The number of aromatic nitrogens is 2. The normalized spacial score (nSPS) is 18.1. The third-order valence-electron chi connectivity index (χ3n) is 5.80. The quantitative estimate of drug-likeness (QED) is 0.658. The van der Waals surface area contributed by atoms with Gasteiger partial charge in [-0.25, -0.2) is 0 Å². The lowest BCUT2D eigenvalue weighted by Gasteiger charge is -2.43. The van der Waals surface area contributed by atoms with E-state index < -0.39 is 0 Å². The molecule has 0 fully saturated rings. The largest absolute Gasteiger partial charge is 0.305 e. The number of para-hydroxylation sites is 2. The minimum Gasteiger partial charge on any atom is -0.305 e. The fraction of sp³-hybridized carbons (Fsp3) is 0.292. The monoisotopic (exact) mass is 402 g/mol. The van der Waals surface area contributed by atoms with Gasteiger partial charge in [0.2, 0.25) is 5.91 Å². The Morgan fingerprint density at radius 2 is 1.73 bits per heavy atom. The minimum atomic E-state index is -0.148. The first-order valence-electron chi connectivity index (χ1n) is 10.2. The second-order valence-corrected chi connectivity index (χ2v) is 7.85. The molecule has 2 amide bonds. The third-order valence-corrected chi connectivity index (χ3v) is 5.80. The first kappa shape index (κ1) is 19.9. The molecule has 0 radical (unpaired) electrons. The number of carbonyl (C=O) groups excluding carboxylic acids is 2. The van der Waals surface area contributed by atoms with E-state index in [1.807, 2.05) is 91.4 Å². The Morgan fingerprint density at radius 1 is 1.07 bits per heavy atom. The summed E-state index contributed by atoms with van der Waals surface area (Å²) >= 11 is 0. The van der Waals surface area contributed by atoms with E-state index in [9.17, 15) is 9.59 Å². The van der Waals surface area contributed by atoms with Crippen LogP contribution in [0, 0.1) is 6.92 Å². The van der Waals surface area contributed by atoms with Gasteiger partial charge < -0.3 is 9.80 Å². The molecule has 30 heavy (non-hydrogen) atoms. The summed E-state index contributed by atoms with van der Waals surface area (Å²) < 4.78 is 1.71. The smallest absolute Gasteiger partial charge is 0.279 e. The number of hydrogen-bond acceptors (Lipinski definition) is 3. The zero-order valence-electron chi connectivity index (χ0n) is 17.7. The van der Waals surface area contributed by atoms with E-state index in [1.165, 1.54) is 0 Å². The highest BCUT2D eigenvalue weighted by Gasteiger charge is 2.38. The van der Waals surface area contributed by atoms with E-state index in [0.29, 0.717) is 12.1 Å². The molecule has 6 nitrogen and oxygen atoms in total. The average molecular weight is 402 g/mol. The molecule has 0 bridgehead atoms. The number of aryl methyl sites for hydroxylation is 2. The second-order valence-electron chi connectivity index (χ2n) is 7.85. The van der Waals surface area contributed by atoms with Gasteiger partial charge in [-0.3, -0.25) is 14.3 Å². The van der Waals surface area contributed by atoms with Crippen LogP contribution in [0.15, 0.2) is 60.7 Å². The van der Waals surface area contributed by atoms with Crippen LogP contribution in [0.2, 0.25) is 0 Å². The lowest BCUT2D eigenvalue weighted by atomic mass is 9.89. The van der Waals surface area contributed by atoms with Crippen molar-refractivity contribution >= 4 is 23.2 Å². The summed E-state index contributed by atoms with van der Waals surface area (Å²) in [6, 6.07) is 19.1. The molecule has 4 rings (SSSR count). The summed E-state index contributed by atoms with van der Waals surface area (Å²) in [5.41, 5.74) is 4.02. The van der Waals surface area contributed by atoms with Gasteiger partial charge in [0.05, 0.1) is 6.04 Å². The maximum absolute atomic E-state index is 13.4. The molecular formula is C24H26N4O2. The van der Waals surface area contributed by atoms with Gasteiger partial charge in [0, 0.05) is 37.1 Å². The van der Waals surface area contributed by atoms with Gasteiger partial charge in [0.25, 0.3) is 5.91 Å². The molecule has 0 saturated carbocycles. The van der Waals surface area contributed by atoms with Crippen LogP contribution in [0.3, 0.4) is 0 Å². The Labute approximate surface area is 176 Å². The number of nitrogens with zero attached hydrogens (tertiary/aromatic N) is 4. The zero-order valence-corrected chi connectivity index (χ0v) is 17.7. The first-order chi connectivity index (χ1) is 14.4. The van der Waals surface area contributed by atoms with Crippen LogP contribution < -0.4 is 9.80 Å². The van der Waals surface area contributed by atoms with E-state index >= 15 is 0 Å². The van der Waals surface area contributed by atoms with Crippen molar-refractivity contribution in [1.82, 2.24) is 9.78 Å². The molecule has 0 saturated heterocycles. The molecule has 1 aliphatic heterocycles. The lowest BCUT2D eigenvalue weighted by molar-refractivity contribution is -0.117. The summed E-state index contributed by atoms with van der Waals surface area (Å²) in [6.45, 7) is 5.55. The molecule has 0 unspecified atom stereocenters. The zero-order chi connectivity index (χ0) is 21.4. The Bertz CT molecular complexity index is 1070. The molecule has 3 aromatic rings. The van der Waals surface area contributed by atoms with E-state index in [4.69, 9.17) is 0 Å². The van der Waals surface area contributed by atoms with Crippen LogP contribution in [-0.2, 0) is 11.8 Å². The maximum Gasteiger partial charge on any atom is 0.279 e. The second kappa shape index (κ2) is 7.78. The van der Waals surface area contributed by atoms with Crippen molar-refractivity contribution in [2.24, 2.45) is 7.05 Å². The lowest BCUT2D eigenvalue weighted by Crippen LogP contribution is -2.47. The van der Waals surface area contributed by atoms with E-state index in [0.717, 1.165) is 22.6 Å². The number of rotatable bonds is 3. The number of hydrogen-bond donors (Lipinski definition) is 0. The molecule has 0 aliphatic carbocycles. The standard InChI is InChI=1S/C24H26N4O2/c1-16-14-21(25-26(16)4)24(30)27-17(2)15-23(20-12-8-9-13-22(20)27)28(18(3)29)19-10-6-5-7-11-19/h5-14,17,23H,15H2,1-4H3/t17-,23+/m0/s1. The minimum absolute atomic E-state index is 0.0201. The van der Waals surface area contributed by atoms with Gasteiger partial charge in [-0.05, 0) is 50.1 Å². The SMILES string of the molecule is CC(=O)N(c1ccccc1)[C@@H]1C[C@H](C)N(C(=O)c2cc(C)n(C)n2)c2ccccc21. The fourth-order valence-electron chi connectivity index (χ4n) is 4.29. The summed E-state index contributed by atoms with van der Waals surface area (Å²) in [7, 11) is 1.83. The number of benzene rings is 2. The average Bonchev–Trinajstić information content (AvgIpc) is 3.07. The van der Waals surface area contributed by atoms with Gasteiger partial charge in [-0.1, -0.05) is 36.4 Å². The summed E-state index contributed by atoms with van der Waals surface area (Å²) in [6.07, 6.45) is 0.642. The van der Waals surface area contributed by atoms with Crippen molar-refractivity contribution in [2.75, 3.05) is 9.80 Å². The molecule has 0 N–H and O–H groups in total. The molecule has 154 valence electrons. The highest BCUT2D eigenvalue weighted by molar-refractivity contribution is 6.06. The van der Waals surface area contributed by atoms with Crippen LogP contribution in [0.25, 0.3) is 0 Å². The van der Waals surface area contributed by atoms with Crippen LogP contribution in [0.5, 0.6) is 0 Å². The van der Waals surface area contributed by atoms with Gasteiger partial charge in [0.1, 0.15) is 0 Å². The van der Waals surface area contributed by atoms with E-state index in [1.54, 1.807) is 11.6 Å². The summed E-state index contributed by atoms with van der Waals surface area (Å²) in [4.78, 5) is 29.7. The van der Waals surface area contributed by atoms with Crippen molar-refractivity contribution < 1.29 is 9.59 Å². The highest BCUT2D eigenvalue weighted by Crippen LogP contribution is 2.42. The predicted octanol–water partition coefficient (Wildman–Crippen LogP) is 4.26. The molecular weight excluding hydrogens is 376 g/mol. The number of fused-ring (bicyclic) bond motifs is 1. The van der Waals surface area contributed by atoms with Gasteiger partial charge in [-0.2, -0.15) is 5.10 Å². The molecule has 2 heterocycles. The van der Waals surface area contributed by atoms with Gasteiger partial charge in [-0.15, -0.1) is 0 Å². The molecule has 2 atom stereocenters. The number of anilines is 2. The molecule has 2 aromatic carbocycles. The van der Waals surface area contributed by atoms with Crippen molar-refractivity contribution in [3.8, 4) is 0 Å². The number of amides is 2. The van der Waals surface area contributed by atoms with Crippen molar-refractivity contribution in [3.05, 3.63) is 77.6 Å². The Balaban J connectivity index is 1.78. The Morgan fingerprint density at radius 3 is 2.37 bits per heavy atom. The Hall–Kier alpha value is -3.41. The highest BCUT2D eigenvalue weighted by atomic mass is 16.2. The van der Waals surface area contributed by atoms with Crippen molar-refractivity contribution in [1.29, 1.82) is 0 Å². The predicted molar refractivity (Wildman–Crippen MR) is 118 cm³/mol. The molecule has 1 aromatic heterocycles. The third kappa shape index (κ3) is 3.38. The van der Waals surface area contributed by atoms with Gasteiger partial charge >= 0.3 is 0 Å². The van der Waals surface area contributed by atoms with Crippen LogP contribution in [-0.4, -0.2) is 27.6 Å². The fourth-order valence-corrected chi connectivity index (χ4v) is 4.29. The van der Waals surface area contributed by atoms with Crippen molar-refractivity contribution in [2.45, 2.75) is 39.3 Å². The van der Waals surface area contributed by atoms with E-state index in [2.05, 4.69) is 5.10 Å². The van der Waals surface area contributed by atoms with Crippen molar-refractivity contribution in [3.63, 3.8) is 0 Å². The maximum atomic E-state index is 13.4. The summed E-state index contributed by atoms with van der Waals surface area (Å²) in [5, 5.41) is 4.38. The van der Waals surface area contributed by atoms with E-state index in [-0.39, 0.29) is 23.9 Å². The molecule has 0 spiro atoms. The topological polar surface area (TPSA) is 58.4 Å². The molecule has 6 heteroatoms. The first-order valence-corrected chi connectivity index (χ1v) is 10.2.